The molecule has 1 aromatic heterocycles. The fourth-order valence-corrected chi connectivity index (χ4v) is 7.89. The summed E-state index contributed by atoms with van der Waals surface area (Å²) in [6.45, 7) is 8.41. The quantitative estimate of drug-likeness (QED) is 0.191. The van der Waals surface area contributed by atoms with Crippen LogP contribution in [0.2, 0.25) is 0 Å². The van der Waals surface area contributed by atoms with E-state index < -0.39 is 18.3 Å². The zero-order valence-electron chi connectivity index (χ0n) is 26.5. The molecule has 3 aliphatic rings. The maximum Gasteiger partial charge on any atom is 0.494 e. The molecule has 1 spiro atoms. The fourth-order valence-electron chi connectivity index (χ4n) is 7.89. The Hall–Kier alpha value is -4.77. The molecule has 0 radical (unpaired) electrons. The molecule has 1 saturated heterocycles. The summed E-state index contributed by atoms with van der Waals surface area (Å²) in [6, 6.07) is 46.6. The third-order valence-corrected chi connectivity index (χ3v) is 10.8. The number of nitrogens with zero attached hydrogens (tertiary/aromatic N) is 1. The Kier molecular flexibility index (Phi) is 5.76. The van der Waals surface area contributed by atoms with Gasteiger partial charge in [-0.05, 0) is 113 Å². The number of hydrogen-bond donors (Lipinski definition) is 0. The largest absolute Gasteiger partial charge is 0.494 e. The molecule has 9 rings (SSSR count). The lowest BCUT2D eigenvalue weighted by molar-refractivity contribution is 0.00578. The highest BCUT2D eigenvalue weighted by Crippen LogP contribution is 2.63. The van der Waals surface area contributed by atoms with Crippen molar-refractivity contribution < 1.29 is 9.31 Å². The molecule has 0 atom stereocenters. The van der Waals surface area contributed by atoms with Crippen molar-refractivity contribution in [3.63, 3.8) is 0 Å². The van der Waals surface area contributed by atoms with Gasteiger partial charge in [-0.15, -0.1) is 0 Å². The topological polar surface area (TPSA) is 31.4 Å². The smallest absolute Gasteiger partial charge is 0.399 e. The minimum absolute atomic E-state index is 0.387. The van der Waals surface area contributed by atoms with E-state index in [0.717, 1.165) is 27.8 Å². The van der Waals surface area contributed by atoms with Crippen LogP contribution in [0.1, 0.15) is 49.9 Å². The van der Waals surface area contributed by atoms with Gasteiger partial charge in [0.2, 0.25) is 0 Å². The minimum Gasteiger partial charge on any atom is -0.399 e. The summed E-state index contributed by atoms with van der Waals surface area (Å²) >= 11 is 0. The number of aromatic nitrogens is 1. The summed E-state index contributed by atoms with van der Waals surface area (Å²) in [6.07, 6.45) is 1.85. The van der Waals surface area contributed by atoms with Crippen LogP contribution in [0, 0.1) is 0 Å². The SMILES string of the molecule is CC1(C)OB(c2cc(-c3ccc4c(c3)C3(c5ccccc5-c5ccccc53)c3ccccc3-4)cc(-c3ccccn3)c2)OC1(C)C. The van der Waals surface area contributed by atoms with E-state index >= 15 is 0 Å². The Morgan fingerprint density at radius 2 is 1.00 bits per heavy atom. The van der Waals surface area contributed by atoms with Gasteiger partial charge >= 0.3 is 7.12 Å². The normalized spacial score (nSPS) is 17.4. The van der Waals surface area contributed by atoms with Crippen LogP contribution in [0.5, 0.6) is 0 Å². The van der Waals surface area contributed by atoms with Crippen molar-refractivity contribution in [2.45, 2.75) is 44.3 Å². The van der Waals surface area contributed by atoms with Crippen molar-refractivity contribution in [1.82, 2.24) is 4.98 Å². The van der Waals surface area contributed by atoms with Gasteiger partial charge in [-0.2, -0.15) is 0 Å². The van der Waals surface area contributed by atoms with Gasteiger partial charge in [0.25, 0.3) is 0 Å². The van der Waals surface area contributed by atoms with Gasteiger partial charge in [-0.3, -0.25) is 4.98 Å². The maximum atomic E-state index is 6.56. The van der Waals surface area contributed by atoms with Crippen LogP contribution in [0.15, 0.2) is 134 Å². The Morgan fingerprint density at radius 1 is 0.478 bits per heavy atom. The van der Waals surface area contributed by atoms with E-state index in [9.17, 15) is 0 Å². The first-order valence-electron chi connectivity index (χ1n) is 16.1. The number of hydrogen-bond acceptors (Lipinski definition) is 3. The molecule has 46 heavy (non-hydrogen) atoms. The molecule has 2 aliphatic carbocycles. The molecular weight excluding hydrogens is 561 g/mol. The van der Waals surface area contributed by atoms with Crippen LogP contribution in [0.3, 0.4) is 0 Å². The first-order valence-corrected chi connectivity index (χ1v) is 16.1. The summed E-state index contributed by atoms with van der Waals surface area (Å²) in [5, 5.41) is 0. The average molecular weight is 596 g/mol. The Morgan fingerprint density at radius 3 is 1.57 bits per heavy atom. The zero-order valence-corrected chi connectivity index (χ0v) is 26.5. The monoisotopic (exact) mass is 595 g/mol. The molecular formula is C42H34BNO2. The fraction of sp³-hybridized carbons (Fsp3) is 0.167. The highest BCUT2D eigenvalue weighted by atomic mass is 16.7. The van der Waals surface area contributed by atoms with Crippen LogP contribution in [0.25, 0.3) is 44.6 Å². The van der Waals surface area contributed by atoms with Crippen molar-refractivity contribution in [3.8, 4) is 44.6 Å². The zero-order chi connectivity index (χ0) is 31.3. The molecule has 4 heteroatoms. The van der Waals surface area contributed by atoms with Gasteiger partial charge in [0.15, 0.2) is 0 Å². The Labute approximate surface area is 271 Å². The molecule has 0 N–H and O–H groups in total. The lowest BCUT2D eigenvalue weighted by Crippen LogP contribution is -2.41. The summed E-state index contributed by atoms with van der Waals surface area (Å²) < 4.78 is 13.1. The summed E-state index contributed by atoms with van der Waals surface area (Å²) in [5.74, 6) is 0. The molecule has 1 fully saturated rings. The van der Waals surface area contributed by atoms with Crippen molar-refractivity contribution >= 4 is 12.6 Å². The molecule has 1 aliphatic heterocycles. The van der Waals surface area contributed by atoms with Gasteiger partial charge in [-0.1, -0.05) is 103 Å². The van der Waals surface area contributed by atoms with Gasteiger partial charge in [0, 0.05) is 11.8 Å². The van der Waals surface area contributed by atoms with Crippen molar-refractivity contribution in [2.75, 3.05) is 0 Å². The van der Waals surface area contributed by atoms with Crippen LogP contribution >= 0.6 is 0 Å². The molecule has 0 amide bonds. The predicted molar refractivity (Wildman–Crippen MR) is 187 cm³/mol. The number of pyridine rings is 1. The standard InChI is InChI=1S/C42H34BNO2/c1-40(2)41(3,4)46-43(45-40)30-24-28(23-29(25-30)39-19-11-12-22-44-39)27-20-21-34-33-15-7-10-18-37(33)42(38(34)26-27)35-16-8-5-13-31(35)32-14-6-9-17-36(32)42/h5-26H,1-4H3. The summed E-state index contributed by atoms with van der Waals surface area (Å²) in [5.41, 5.74) is 14.5. The Balaban J connectivity index is 1.28. The number of fused-ring (bicyclic) bond motifs is 10. The first-order chi connectivity index (χ1) is 22.3. The lowest BCUT2D eigenvalue weighted by Gasteiger charge is -2.32. The minimum atomic E-state index is -0.481. The lowest BCUT2D eigenvalue weighted by atomic mass is 9.70. The van der Waals surface area contributed by atoms with Gasteiger partial charge in [0.05, 0.1) is 22.3 Å². The molecule has 5 aromatic carbocycles. The van der Waals surface area contributed by atoms with Crippen LogP contribution in [0.4, 0.5) is 0 Å². The van der Waals surface area contributed by atoms with E-state index in [1.54, 1.807) is 0 Å². The van der Waals surface area contributed by atoms with Crippen LogP contribution < -0.4 is 5.46 Å². The highest BCUT2D eigenvalue weighted by molar-refractivity contribution is 6.62. The second kappa shape index (κ2) is 9.62. The Bertz CT molecular complexity index is 2110. The average Bonchev–Trinajstić information content (AvgIpc) is 3.64. The van der Waals surface area contributed by atoms with Gasteiger partial charge < -0.3 is 9.31 Å². The van der Waals surface area contributed by atoms with Crippen molar-refractivity contribution in [3.05, 3.63) is 156 Å². The predicted octanol–water partition coefficient (Wildman–Crippen LogP) is 9.06. The van der Waals surface area contributed by atoms with E-state index in [4.69, 9.17) is 14.3 Å². The summed E-state index contributed by atoms with van der Waals surface area (Å²) in [4.78, 5) is 4.72. The molecule has 2 heterocycles. The maximum absolute atomic E-state index is 6.56. The van der Waals surface area contributed by atoms with Crippen molar-refractivity contribution in [1.29, 1.82) is 0 Å². The van der Waals surface area contributed by atoms with Crippen molar-refractivity contribution in [2.24, 2.45) is 0 Å². The van der Waals surface area contributed by atoms with E-state index in [1.165, 1.54) is 44.5 Å². The molecule has 0 unspecified atom stereocenters. The number of rotatable bonds is 3. The molecule has 0 saturated carbocycles. The molecule has 222 valence electrons. The van der Waals surface area contributed by atoms with Gasteiger partial charge in [0.1, 0.15) is 0 Å². The van der Waals surface area contributed by atoms with E-state index in [2.05, 4.69) is 143 Å². The first kappa shape index (κ1) is 27.5. The van der Waals surface area contributed by atoms with E-state index in [-0.39, 0.29) is 5.41 Å². The van der Waals surface area contributed by atoms with Gasteiger partial charge in [-0.25, -0.2) is 0 Å². The number of benzene rings is 5. The molecule has 0 bridgehead atoms. The third-order valence-electron chi connectivity index (χ3n) is 10.8. The second-order valence-electron chi connectivity index (χ2n) is 13.8. The van der Waals surface area contributed by atoms with Crippen LogP contribution in [-0.4, -0.2) is 23.3 Å². The molecule has 3 nitrogen and oxygen atoms in total. The molecule has 6 aromatic rings. The summed E-state index contributed by atoms with van der Waals surface area (Å²) in [7, 11) is -0.481. The third kappa shape index (κ3) is 3.72. The second-order valence-corrected chi connectivity index (χ2v) is 13.8. The highest BCUT2D eigenvalue weighted by Gasteiger charge is 2.53. The van der Waals surface area contributed by atoms with E-state index in [1.807, 2.05) is 18.3 Å². The van der Waals surface area contributed by atoms with Crippen LogP contribution in [-0.2, 0) is 14.7 Å². The van der Waals surface area contributed by atoms with E-state index in [0.29, 0.717) is 0 Å².